The molecule has 1 aromatic heterocycles. The molecule has 0 unspecified atom stereocenters. The Labute approximate surface area is 206 Å². The highest BCUT2D eigenvalue weighted by atomic mass is 35.5. The fourth-order valence-electron chi connectivity index (χ4n) is 4.15. The number of hydrogen-bond donors (Lipinski definition) is 0. The van der Waals surface area contributed by atoms with Gasteiger partial charge in [-0.05, 0) is 54.1 Å². The average Bonchev–Trinajstić information content (AvgIpc) is 2.85. The quantitative estimate of drug-likeness (QED) is 0.308. The van der Waals surface area contributed by atoms with Gasteiger partial charge in [-0.25, -0.2) is 4.79 Å². The van der Waals surface area contributed by atoms with Crippen molar-refractivity contribution in [3.8, 4) is 28.4 Å². The van der Waals surface area contributed by atoms with Crippen LogP contribution < -0.4 is 19.8 Å². The van der Waals surface area contributed by atoms with E-state index in [9.17, 15) is 4.79 Å². The van der Waals surface area contributed by atoms with Gasteiger partial charge in [0, 0.05) is 24.0 Å². The Morgan fingerprint density at radius 2 is 1.79 bits per heavy atom. The smallest absolute Gasteiger partial charge is 0.344 e. The van der Waals surface area contributed by atoms with E-state index < -0.39 is 5.63 Å². The summed E-state index contributed by atoms with van der Waals surface area (Å²) in [5.41, 5.74) is 2.88. The van der Waals surface area contributed by atoms with Crippen molar-refractivity contribution in [2.75, 3.05) is 21.0 Å². The molecule has 0 saturated heterocycles. The minimum Gasteiger partial charge on any atom is -0.497 e. The van der Waals surface area contributed by atoms with E-state index in [1.165, 1.54) is 0 Å². The van der Waals surface area contributed by atoms with Gasteiger partial charge in [0.2, 0.25) is 0 Å². The molecular weight excluding hydrogens is 477 g/mol. The third-order valence-corrected chi connectivity index (χ3v) is 6.57. The van der Waals surface area contributed by atoms with Gasteiger partial charge < -0.3 is 18.6 Å². The van der Waals surface area contributed by atoms with Crippen molar-refractivity contribution in [1.29, 1.82) is 0 Å². The molecule has 0 N–H and O–H groups in total. The normalized spacial score (nSPS) is 13.4. The van der Waals surface area contributed by atoms with E-state index in [-0.39, 0.29) is 0 Å². The van der Waals surface area contributed by atoms with Crippen molar-refractivity contribution in [3.05, 3.63) is 86.2 Å². The molecule has 34 heavy (non-hydrogen) atoms. The summed E-state index contributed by atoms with van der Waals surface area (Å²) in [6.45, 7) is 1.57. The van der Waals surface area contributed by atoms with Crippen LogP contribution in [0, 0.1) is 0 Å². The lowest BCUT2D eigenvalue weighted by Gasteiger charge is -2.29. The first-order valence-electron chi connectivity index (χ1n) is 10.6. The Balaban J connectivity index is 1.53. The fraction of sp³-hybridized carbons (Fsp3) is 0.192. The van der Waals surface area contributed by atoms with Crippen molar-refractivity contribution < 1.29 is 18.6 Å². The Bertz CT molecular complexity index is 1450. The highest BCUT2D eigenvalue weighted by Crippen LogP contribution is 2.36. The van der Waals surface area contributed by atoms with Gasteiger partial charge in [-0.1, -0.05) is 29.3 Å². The van der Waals surface area contributed by atoms with Crippen molar-refractivity contribution in [3.63, 3.8) is 0 Å². The van der Waals surface area contributed by atoms with Crippen LogP contribution in [0.2, 0.25) is 10.0 Å². The van der Waals surface area contributed by atoms with Crippen LogP contribution in [-0.2, 0) is 13.1 Å². The van der Waals surface area contributed by atoms with Crippen LogP contribution >= 0.6 is 23.2 Å². The summed E-state index contributed by atoms with van der Waals surface area (Å²) in [7, 11) is 3.13. The van der Waals surface area contributed by atoms with Gasteiger partial charge in [0.1, 0.15) is 29.6 Å². The summed E-state index contributed by atoms with van der Waals surface area (Å²) < 4.78 is 22.6. The summed E-state index contributed by atoms with van der Waals surface area (Å²) in [6.07, 6.45) is 0. The molecule has 6 nitrogen and oxygen atoms in total. The topological polar surface area (TPSA) is 61.1 Å². The molecule has 0 saturated carbocycles. The van der Waals surface area contributed by atoms with E-state index in [0.29, 0.717) is 63.8 Å². The van der Waals surface area contributed by atoms with Gasteiger partial charge in [-0.3, -0.25) is 4.90 Å². The number of halogens is 2. The Hall–Kier alpha value is -3.19. The molecule has 0 radical (unpaired) electrons. The zero-order valence-electron chi connectivity index (χ0n) is 18.6. The molecule has 4 aromatic rings. The molecule has 2 heterocycles. The van der Waals surface area contributed by atoms with Crippen molar-refractivity contribution in [1.82, 2.24) is 4.90 Å². The molecule has 3 aromatic carbocycles. The molecule has 0 amide bonds. The van der Waals surface area contributed by atoms with Crippen LogP contribution in [0.25, 0.3) is 22.1 Å². The third-order valence-electron chi connectivity index (χ3n) is 5.83. The monoisotopic (exact) mass is 497 g/mol. The van der Waals surface area contributed by atoms with Gasteiger partial charge in [0.25, 0.3) is 0 Å². The minimum atomic E-state index is -0.464. The maximum absolute atomic E-state index is 13.1. The van der Waals surface area contributed by atoms with Crippen LogP contribution in [0.1, 0.15) is 11.1 Å². The van der Waals surface area contributed by atoms with Gasteiger partial charge in [0.05, 0.1) is 35.4 Å². The van der Waals surface area contributed by atoms with Crippen LogP contribution in [0.5, 0.6) is 17.2 Å². The first-order valence-corrected chi connectivity index (χ1v) is 11.3. The molecule has 0 fully saturated rings. The van der Waals surface area contributed by atoms with E-state index in [1.807, 2.05) is 30.3 Å². The van der Waals surface area contributed by atoms with E-state index >= 15 is 0 Å². The largest absolute Gasteiger partial charge is 0.497 e. The molecule has 0 spiro atoms. The summed E-state index contributed by atoms with van der Waals surface area (Å²) >= 11 is 12.2. The lowest BCUT2D eigenvalue weighted by molar-refractivity contribution is 0.0890. The summed E-state index contributed by atoms with van der Waals surface area (Å²) in [6, 6.07) is 16.5. The first kappa shape index (κ1) is 22.6. The number of nitrogens with zero attached hydrogens (tertiary/aromatic N) is 1. The van der Waals surface area contributed by atoms with Crippen molar-refractivity contribution in [2.45, 2.75) is 13.1 Å². The van der Waals surface area contributed by atoms with E-state index in [1.54, 1.807) is 38.5 Å². The minimum absolute atomic E-state index is 0.396. The van der Waals surface area contributed by atoms with E-state index in [0.717, 1.165) is 16.5 Å². The maximum atomic E-state index is 13.1. The van der Waals surface area contributed by atoms with E-state index in [2.05, 4.69) is 4.90 Å². The molecule has 0 aliphatic carbocycles. The summed E-state index contributed by atoms with van der Waals surface area (Å²) in [5, 5.41) is 1.81. The van der Waals surface area contributed by atoms with Crippen LogP contribution in [-0.4, -0.2) is 25.9 Å². The second kappa shape index (κ2) is 9.22. The zero-order chi connectivity index (χ0) is 23.8. The molecule has 1 aliphatic rings. The third kappa shape index (κ3) is 4.20. The predicted molar refractivity (Wildman–Crippen MR) is 132 cm³/mol. The molecule has 0 bridgehead atoms. The maximum Gasteiger partial charge on any atom is 0.344 e. The first-order chi connectivity index (χ1) is 16.5. The standard InChI is InChI=1S/C26H21Cl2NO5/c1-31-17-5-8-23(32-2)18(11-17)19-10-16-4-7-24-20(25(16)34-26(19)30)13-29(14-33-24)12-15-3-6-21(27)22(28)9-15/h3-11H,12-14H2,1-2H3. The molecule has 1 aliphatic heterocycles. The molecule has 174 valence electrons. The zero-order valence-corrected chi connectivity index (χ0v) is 20.1. The SMILES string of the molecule is COc1ccc(OC)c(-c2cc3ccc4c(c3oc2=O)CN(Cc2ccc(Cl)c(Cl)c2)CO4)c1. The van der Waals surface area contributed by atoms with Gasteiger partial charge in [-0.15, -0.1) is 0 Å². The van der Waals surface area contributed by atoms with Crippen molar-refractivity contribution in [2.24, 2.45) is 0 Å². The Kier molecular flexibility index (Phi) is 6.13. The number of hydrogen-bond acceptors (Lipinski definition) is 6. The van der Waals surface area contributed by atoms with Crippen LogP contribution in [0.15, 0.2) is 63.8 Å². The number of methoxy groups -OCH3 is 2. The van der Waals surface area contributed by atoms with Gasteiger partial charge >= 0.3 is 5.63 Å². The number of rotatable bonds is 5. The van der Waals surface area contributed by atoms with Crippen molar-refractivity contribution >= 4 is 34.2 Å². The van der Waals surface area contributed by atoms with Crippen LogP contribution in [0.3, 0.4) is 0 Å². The fourth-order valence-corrected chi connectivity index (χ4v) is 4.47. The van der Waals surface area contributed by atoms with Crippen LogP contribution in [0.4, 0.5) is 0 Å². The molecule has 0 atom stereocenters. The Morgan fingerprint density at radius 3 is 2.56 bits per heavy atom. The number of benzene rings is 3. The average molecular weight is 498 g/mol. The molecule has 5 rings (SSSR count). The lowest BCUT2D eigenvalue weighted by Crippen LogP contribution is -2.31. The second-order valence-corrected chi connectivity index (χ2v) is 8.80. The van der Waals surface area contributed by atoms with Gasteiger partial charge in [-0.2, -0.15) is 0 Å². The second-order valence-electron chi connectivity index (χ2n) is 7.98. The highest BCUT2D eigenvalue weighted by molar-refractivity contribution is 6.42. The molecular formula is C26H21Cl2NO5. The predicted octanol–water partition coefficient (Wildman–Crippen LogP) is 6.14. The number of ether oxygens (including phenoxy) is 3. The van der Waals surface area contributed by atoms with E-state index in [4.69, 9.17) is 41.8 Å². The Morgan fingerprint density at radius 1 is 0.941 bits per heavy atom. The number of fused-ring (bicyclic) bond motifs is 3. The van der Waals surface area contributed by atoms with Gasteiger partial charge in [0.15, 0.2) is 0 Å². The lowest BCUT2D eigenvalue weighted by atomic mass is 10.0. The summed E-state index contributed by atoms with van der Waals surface area (Å²) in [4.78, 5) is 15.2. The summed E-state index contributed by atoms with van der Waals surface area (Å²) in [5.74, 6) is 1.88. The molecule has 8 heteroatoms. The highest BCUT2D eigenvalue weighted by Gasteiger charge is 2.23.